The van der Waals surface area contributed by atoms with Crippen molar-refractivity contribution in [1.82, 2.24) is 4.98 Å². The van der Waals surface area contributed by atoms with Crippen LogP contribution in [-0.2, 0) is 0 Å². The highest BCUT2D eigenvalue weighted by Gasteiger charge is 2.08. The Labute approximate surface area is 106 Å². The largest absolute Gasteiger partial charge is 0.437 e. The van der Waals surface area contributed by atoms with E-state index in [1.54, 1.807) is 0 Å². The summed E-state index contributed by atoms with van der Waals surface area (Å²) < 4.78 is 18.1. The minimum absolute atomic E-state index is 0.0927. The minimum atomic E-state index is -0.568. The number of ether oxygens (including phenoxy) is 1. The Morgan fingerprint density at radius 1 is 1.33 bits per heavy atom. The molecular formula is C11H6ClFN2O3. The molecule has 0 amide bonds. The van der Waals surface area contributed by atoms with Crippen LogP contribution in [0, 0.1) is 15.9 Å². The van der Waals surface area contributed by atoms with Gasteiger partial charge in [0.15, 0.2) is 0 Å². The lowest BCUT2D eigenvalue weighted by Crippen LogP contribution is -1.92. The number of benzene rings is 1. The molecule has 2 aromatic rings. The Balaban J connectivity index is 2.21. The summed E-state index contributed by atoms with van der Waals surface area (Å²) in [7, 11) is 0. The summed E-state index contributed by atoms with van der Waals surface area (Å²) in [5.74, 6) is -0.127. The van der Waals surface area contributed by atoms with E-state index in [0.717, 1.165) is 12.3 Å². The van der Waals surface area contributed by atoms with Crippen molar-refractivity contribution in [1.29, 1.82) is 0 Å². The maximum atomic E-state index is 12.8. The SMILES string of the molecule is O=[N+]([O-])c1ccc(Oc2ccc(F)cc2Cl)nc1. The second-order valence-corrected chi connectivity index (χ2v) is 3.70. The molecule has 1 heterocycles. The average molecular weight is 269 g/mol. The number of aromatic nitrogens is 1. The number of hydrogen-bond acceptors (Lipinski definition) is 4. The fourth-order valence-corrected chi connectivity index (χ4v) is 1.42. The number of pyridine rings is 1. The van der Waals surface area contributed by atoms with Gasteiger partial charge in [0, 0.05) is 12.1 Å². The molecule has 0 unspecified atom stereocenters. The van der Waals surface area contributed by atoms with Crippen molar-refractivity contribution in [2.45, 2.75) is 0 Å². The monoisotopic (exact) mass is 268 g/mol. The van der Waals surface area contributed by atoms with Crippen LogP contribution in [0.1, 0.15) is 0 Å². The molecule has 0 fully saturated rings. The average Bonchev–Trinajstić information content (AvgIpc) is 2.33. The van der Waals surface area contributed by atoms with Crippen LogP contribution in [0.3, 0.4) is 0 Å². The fraction of sp³-hybridized carbons (Fsp3) is 0. The summed E-state index contributed by atoms with van der Waals surface area (Å²) in [6, 6.07) is 6.22. The lowest BCUT2D eigenvalue weighted by Gasteiger charge is -2.05. The zero-order chi connectivity index (χ0) is 13.1. The second-order valence-electron chi connectivity index (χ2n) is 3.29. The molecule has 2 rings (SSSR count). The van der Waals surface area contributed by atoms with Gasteiger partial charge in [-0.15, -0.1) is 0 Å². The Bertz CT molecular complexity index is 589. The summed E-state index contributed by atoms with van der Waals surface area (Å²) in [5.41, 5.74) is -0.146. The summed E-state index contributed by atoms with van der Waals surface area (Å²) in [6.07, 6.45) is 1.06. The third-order valence-electron chi connectivity index (χ3n) is 2.04. The Hall–Kier alpha value is -2.21. The number of nitrogens with zero attached hydrogens (tertiary/aromatic N) is 2. The molecule has 0 atom stereocenters. The molecular weight excluding hydrogens is 263 g/mol. The van der Waals surface area contributed by atoms with Gasteiger partial charge < -0.3 is 4.74 Å². The topological polar surface area (TPSA) is 65.3 Å². The first kappa shape index (κ1) is 12.3. The van der Waals surface area contributed by atoms with Gasteiger partial charge in [-0.1, -0.05) is 11.6 Å². The molecule has 1 aromatic carbocycles. The van der Waals surface area contributed by atoms with Gasteiger partial charge in [0.2, 0.25) is 5.88 Å². The van der Waals surface area contributed by atoms with Crippen molar-refractivity contribution in [2.75, 3.05) is 0 Å². The second kappa shape index (κ2) is 4.97. The van der Waals surface area contributed by atoms with E-state index in [2.05, 4.69) is 4.98 Å². The lowest BCUT2D eigenvalue weighted by molar-refractivity contribution is -0.385. The van der Waals surface area contributed by atoms with Crippen LogP contribution in [0.2, 0.25) is 5.02 Å². The lowest BCUT2D eigenvalue weighted by atomic mass is 10.3. The van der Waals surface area contributed by atoms with Crippen LogP contribution in [0.5, 0.6) is 11.6 Å². The molecule has 18 heavy (non-hydrogen) atoms. The summed E-state index contributed by atoms with van der Waals surface area (Å²) in [5, 5.41) is 10.5. The molecule has 0 radical (unpaired) electrons. The Morgan fingerprint density at radius 2 is 2.11 bits per heavy atom. The molecule has 0 aliphatic heterocycles. The van der Waals surface area contributed by atoms with E-state index in [1.807, 2.05) is 0 Å². The van der Waals surface area contributed by atoms with Crippen molar-refractivity contribution in [3.63, 3.8) is 0 Å². The first-order valence-electron chi connectivity index (χ1n) is 4.79. The molecule has 5 nitrogen and oxygen atoms in total. The molecule has 0 bridgehead atoms. The smallest absolute Gasteiger partial charge is 0.287 e. The third-order valence-corrected chi connectivity index (χ3v) is 2.34. The zero-order valence-corrected chi connectivity index (χ0v) is 9.60. The first-order valence-corrected chi connectivity index (χ1v) is 5.17. The molecule has 0 N–H and O–H groups in total. The first-order chi connectivity index (χ1) is 8.56. The maximum Gasteiger partial charge on any atom is 0.287 e. The number of hydrogen-bond donors (Lipinski definition) is 0. The molecule has 0 aliphatic carbocycles. The van der Waals surface area contributed by atoms with Crippen LogP contribution in [0.4, 0.5) is 10.1 Å². The van der Waals surface area contributed by atoms with Crippen LogP contribution in [0.25, 0.3) is 0 Å². The predicted octanol–water partition coefficient (Wildman–Crippen LogP) is 3.57. The highest BCUT2D eigenvalue weighted by atomic mass is 35.5. The van der Waals surface area contributed by atoms with E-state index >= 15 is 0 Å². The van der Waals surface area contributed by atoms with Gasteiger partial charge in [0.25, 0.3) is 5.69 Å². The highest BCUT2D eigenvalue weighted by Crippen LogP contribution is 2.29. The van der Waals surface area contributed by atoms with Crippen molar-refractivity contribution in [3.8, 4) is 11.6 Å². The van der Waals surface area contributed by atoms with E-state index < -0.39 is 10.7 Å². The Kier molecular flexibility index (Phi) is 3.38. The number of nitro groups is 1. The normalized spacial score (nSPS) is 10.1. The van der Waals surface area contributed by atoms with E-state index in [4.69, 9.17) is 16.3 Å². The maximum absolute atomic E-state index is 12.8. The van der Waals surface area contributed by atoms with Crippen LogP contribution in [-0.4, -0.2) is 9.91 Å². The quantitative estimate of drug-likeness (QED) is 0.630. The molecule has 1 aromatic heterocycles. The molecule has 0 saturated carbocycles. The summed E-state index contributed by atoms with van der Waals surface area (Å²) >= 11 is 5.76. The number of halogens is 2. The molecule has 0 spiro atoms. The molecule has 7 heteroatoms. The van der Waals surface area contributed by atoms with Crippen LogP contribution >= 0.6 is 11.6 Å². The van der Waals surface area contributed by atoms with E-state index in [1.165, 1.54) is 24.3 Å². The standard InChI is InChI=1S/C11H6ClFN2O3/c12-9-5-7(13)1-3-10(9)18-11-4-2-8(6-14-11)15(16)17/h1-6H. The zero-order valence-electron chi connectivity index (χ0n) is 8.84. The van der Waals surface area contributed by atoms with Crippen molar-refractivity contribution in [2.24, 2.45) is 0 Å². The van der Waals surface area contributed by atoms with Gasteiger partial charge in [-0.2, -0.15) is 0 Å². The van der Waals surface area contributed by atoms with Crippen LogP contribution < -0.4 is 4.74 Å². The predicted molar refractivity (Wildman–Crippen MR) is 62.4 cm³/mol. The van der Waals surface area contributed by atoms with Crippen molar-refractivity contribution < 1.29 is 14.1 Å². The van der Waals surface area contributed by atoms with Crippen molar-refractivity contribution in [3.05, 3.63) is 57.5 Å². The van der Waals surface area contributed by atoms with E-state index in [0.29, 0.717) is 0 Å². The van der Waals surface area contributed by atoms with Gasteiger partial charge in [-0.3, -0.25) is 10.1 Å². The molecule has 0 aliphatic rings. The summed E-state index contributed by atoms with van der Waals surface area (Å²) in [4.78, 5) is 13.6. The minimum Gasteiger partial charge on any atom is -0.437 e. The number of rotatable bonds is 3. The van der Waals surface area contributed by atoms with Crippen molar-refractivity contribution >= 4 is 17.3 Å². The Morgan fingerprint density at radius 3 is 2.67 bits per heavy atom. The van der Waals surface area contributed by atoms with Gasteiger partial charge in [-0.25, -0.2) is 9.37 Å². The van der Waals surface area contributed by atoms with Gasteiger partial charge in [-0.05, 0) is 18.2 Å². The fourth-order valence-electron chi connectivity index (χ4n) is 1.21. The van der Waals surface area contributed by atoms with Gasteiger partial charge >= 0.3 is 0 Å². The van der Waals surface area contributed by atoms with Gasteiger partial charge in [0.05, 0.1) is 9.95 Å². The van der Waals surface area contributed by atoms with Crippen LogP contribution in [0.15, 0.2) is 36.5 Å². The molecule has 0 saturated heterocycles. The molecule has 92 valence electrons. The van der Waals surface area contributed by atoms with E-state index in [9.17, 15) is 14.5 Å². The third kappa shape index (κ3) is 2.72. The highest BCUT2D eigenvalue weighted by molar-refractivity contribution is 6.32. The van der Waals surface area contributed by atoms with E-state index in [-0.39, 0.29) is 22.3 Å². The van der Waals surface area contributed by atoms with Gasteiger partial charge in [0.1, 0.15) is 17.8 Å². The summed E-state index contributed by atoms with van der Waals surface area (Å²) in [6.45, 7) is 0.